The highest BCUT2D eigenvalue weighted by Gasteiger charge is 2.09. The predicted molar refractivity (Wildman–Crippen MR) is 45.9 cm³/mol. The predicted octanol–water partition coefficient (Wildman–Crippen LogP) is 1.70. The average Bonchev–Trinajstić information content (AvgIpc) is 2.08. The summed E-state index contributed by atoms with van der Waals surface area (Å²) < 4.78 is 5.00. The number of rotatable bonds is 3. The van der Waals surface area contributed by atoms with Gasteiger partial charge in [-0.25, -0.2) is 0 Å². The van der Waals surface area contributed by atoms with E-state index in [1.807, 2.05) is 0 Å². The molecular formula is C8H9NO4. The zero-order valence-electron chi connectivity index (χ0n) is 7.06. The van der Waals surface area contributed by atoms with Gasteiger partial charge in [0, 0.05) is 6.07 Å². The number of non-ortho nitro benzene ring substituents is 1. The van der Waals surface area contributed by atoms with Crippen molar-refractivity contribution in [3.05, 3.63) is 28.3 Å². The van der Waals surface area contributed by atoms with Gasteiger partial charge in [0.05, 0.1) is 17.6 Å². The van der Waals surface area contributed by atoms with Gasteiger partial charge in [-0.1, -0.05) is 0 Å². The molecule has 1 aromatic carbocycles. The Hall–Kier alpha value is -1.78. The SMILES string of the molecule is CCOc1ccc([N+](=O)[O-])cc1O. The molecule has 0 unspecified atom stereocenters. The largest absolute Gasteiger partial charge is 0.504 e. The van der Waals surface area contributed by atoms with Gasteiger partial charge in [0.2, 0.25) is 0 Å². The molecule has 0 aliphatic heterocycles. The minimum absolute atomic E-state index is 0.152. The molecule has 0 saturated heterocycles. The third-order valence-electron chi connectivity index (χ3n) is 1.45. The van der Waals surface area contributed by atoms with Crippen LogP contribution >= 0.6 is 0 Å². The third kappa shape index (κ3) is 2.08. The lowest BCUT2D eigenvalue weighted by Crippen LogP contribution is -1.93. The van der Waals surface area contributed by atoms with Crippen molar-refractivity contribution in [1.29, 1.82) is 0 Å². The smallest absolute Gasteiger partial charge is 0.273 e. The highest BCUT2D eigenvalue weighted by Crippen LogP contribution is 2.29. The van der Waals surface area contributed by atoms with Gasteiger partial charge in [-0.05, 0) is 13.0 Å². The molecule has 1 aromatic rings. The van der Waals surface area contributed by atoms with Crippen LogP contribution in [-0.4, -0.2) is 16.6 Å². The average molecular weight is 183 g/mol. The molecule has 5 heteroatoms. The molecule has 0 spiro atoms. The van der Waals surface area contributed by atoms with Gasteiger partial charge < -0.3 is 9.84 Å². The van der Waals surface area contributed by atoms with Crippen LogP contribution in [0.2, 0.25) is 0 Å². The molecule has 0 aliphatic rings. The van der Waals surface area contributed by atoms with E-state index in [4.69, 9.17) is 4.74 Å². The number of hydrogen-bond acceptors (Lipinski definition) is 4. The Morgan fingerprint density at radius 2 is 2.31 bits per heavy atom. The summed E-state index contributed by atoms with van der Waals surface area (Å²) in [5.74, 6) is 0.0455. The highest BCUT2D eigenvalue weighted by molar-refractivity contribution is 5.47. The monoisotopic (exact) mass is 183 g/mol. The maximum Gasteiger partial charge on any atom is 0.273 e. The van der Waals surface area contributed by atoms with E-state index in [0.717, 1.165) is 6.07 Å². The molecular weight excluding hydrogens is 174 g/mol. The van der Waals surface area contributed by atoms with Crippen LogP contribution in [-0.2, 0) is 0 Å². The molecule has 5 nitrogen and oxygen atoms in total. The fraction of sp³-hybridized carbons (Fsp3) is 0.250. The Morgan fingerprint density at radius 1 is 1.62 bits per heavy atom. The molecule has 0 aliphatic carbocycles. The molecule has 0 fully saturated rings. The van der Waals surface area contributed by atoms with E-state index in [-0.39, 0.29) is 17.2 Å². The molecule has 13 heavy (non-hydrogen) atoms. The second kappa shape index (κ2) is 3.75. The van der Waals surface area contributed by atoms with Crippen LogP contribution < -0.4 is 4.74 Å². The number of hydrogen-bond donors (Lipinski definition) is 1. The van der Waals surface area contributed by atoms with Gasteiger partial charge in [-0.3, -0.25) is 10.1 Å². The first-order valence-corrected chi connectivity index (χ1v) is 3.75. The molecule has 1 N–H and O–H groups in total. The van der Waals surface area contributed by atoms with Gasteiger partial charge in [0.1, 0.15) is 0 Å². The summed E-state index contributed by atoms with van der Waals surface area (Å²) in [4.78, 5) is 9.70. The molecule has 0 bridgehead atoms. The molecule has 0 atom stereocenters. The van der Waals surface area contributed by atoms with Gasteiger partial charge in [0.15, 0.2) is 11.5 Å². The quantitative estimate of drug-likeness (QED) is 0.571. The Morgan fingerprint density at radius 3 is 2.77 bits per heavy atom. The van der Waals surface area contributed by atoms with E-state index in [0.29, 0.717) is 6.61 Å². The number of nitro groups is 1. The second-order valence-electron chi connectivity index (χ2n) is 2.34. The van der Waals surface area contributed by atoms with Gasteiger partial charge in [-0.2, -0.15) is 0 Å². The van der Waals surface area contributed by atoms with Crippen LogP contribution in [0.3, 0.4) is 0 Å². The van der Waals surface area contributed by atoms with Crippen molar-refractivity contribution < 1.29 is 14.8 Å². The molecule has 0 aromatic heterocycles. The number of nitrogens with zero attached hydrogens (tertiary/aromatic N) is 1. The number of aromatic hydroxyl groups is 1. The normalized spacial score (nSPS) is 9.62. The van der Waals surface area contributed by atoms with Crippen LogP contribution in [0.15, 0.2) is 18.2 Å². The van der Waals surface area contributed by atoms with Crippen LogP contribution in [0.1, 0.15) is 6.92 Å². The fourth-order valence-electron chi connectivity index (χ4n) is 0.897. The third-order valence-corrected chi connectivity index (χ3v) is 1.45. The summed E-state index contributed by atoms with van der Waals surface area (Å²) in [7, 11) is 0. The summed E-state index contributed by atoms with van der Waals surface area (Å²) >= 11 is 0. The van der Waals surface area contributed by atoms with Crippen molar-refractivity contribution in [3.8, 4) is 11.5 Å². The first-order chi connectivity index (χ1) is 6.15. The summed E-state index contributed by atoms with van der Waals surface area (Å²) in [6.45, 7) is 2.17. The minimum Gasteiger partial charge on any atom is -0.504 e. The Balaban J connectivity index is 2.98. The van der Waals surface area contributed by atoms with E-state index < -0.39 is 4.92 Å². The summed E-state index contributed by atoms with van der Waals surface area (Å²) in [5, 5.41) is 19.5. The molecule has 0 heterocycles. The second-order valence-corrected chi connectivity index (χ2v) is 2.34. The lowest BCUT2D eigenvalue weighted by atomic mass is 10.3. The van der Waals surface area contributed by atoms with Crippen molar-refractivity contribution >= 4 is 5.69 Å². The number of ether oxygens (including phenoxy) is 1. The van der Waals surface area contributed by atoms with Crippen LogP contribution in [0.5, 0.6) is 11.5 Å². The van der Waals surface area contributed by atoms with Crippen molar-refractivity contribution in [2.24, 2.45) is 0 Å². The lowest BCUT2D eigenvalue weighted by Gasteiger charge is -2.03. The highest BCUT2D eigenvalue weighted by atomic mass is 16.6. The van der Waals surface area contributed by atoms with E-state index in [9.17, 15) is 15.2 Å². The van der Waals surface area contributed by atoms with Crippen molar-refractivity contribution in [2.45, 2.75) is 6.92 Å². The van der Waals surface area contributed by atoms with E-state index in [1.54, 1.807) is 6.92 Å². The van der Waals surface area contributed by atoms with Crippen molar-refractivity contribution in [1.82, 2.24) is 0 Å². The van der Waals surface area contributed by atoms with Gasteiger partial charge >= 0.3 is 0 Å². The minimum atomic E-state index is -0.574. The number of phenols is 1. The number of nitro benzene ring substituents is 1. The van der Waals surface area contributed by atoms with Crippen molar-refractivity contribution in [3.63, 3.8) is 0 Å². The summed E-state index contributed by atoms with van der Waals surface area (Å²) in [5.41, 5.74) is -0.152. The maximum atomic E-state index is 10.3. The maximum absolute atomic E-state index is 10.3. The van der Waals surface area contributed by atoms with Crippen molar-refractivity contribution in [2.75, 3.05) is 6.61 Å². The summed E-state index contributed by atoms with van der Waals surface area (Å²) in [6.07, 6.45) is 0. The zero-order valence-corrected chi connectivity index (χ0v) is 7.06. The topological polar surface area (TPSA) is 72.6 Å². The molecule has 0 radical (unpaired) electrons. The molecule has 0 amide bonds. The van der Waals surface area contributed by atoms with Crippen LogP contribution in [0, 0.1) is 10.1 Å². The molecule has 0 saturated carbocycles. The van der Waals surface area contributed by atoms with Gasteiger partial charge in [-0.15, -0.1) is 0 Å². The van der Waals surface area contributed by atoms with E-state index >= 15 is 0 Å². The lowest BCUT2D eigenvalue weighted by molar-refractivity contribution is -0.385. The Bertz CT molecular complexity index is 324. The van der Waals surface area contributed by atoms with E-state index in [1.165, 1.54) is 12.1 Å². The zero-order chi connectivity index (χ0) is 9.84. The Kier molecular flexibility index (Phi) is 2.69. The Labute approximate surface area is 74.7 Å². The number of phenolic OH excluding ortho intramolecular Hbond substituents is 1. The van der Waals surface area contributed by atoms with Gasteiger partial charge in [0.25, 0.3) is 5.69 Å². The first-order valence-electron chi connectivity index (χ1n) is 3.75. The molecule has 1 rings (SSSR count). The standard InChI is InChI=1S/C8H9NO4/c1-2-13-8-4-3-6(9(11)12)5-7(8)10/h3-5,10H,2H2,1H3. The van der Waals surface area contributed by atoms with Crippen LogP contribution in [0.25, 0.3) is 0 Å². The number of benzene rings is 1. The van der Waals surface area contributed by atoms with Crippen LogP contribution in [0.4, 0.5) is 5.69 Å². The first kappa shape index (κ1) is 9.31. The fourth-order valence-corrected chi connectivity index (χ4v) is 0.897. The van der Waals surface area contributed by atoms with E-state index in [2.05, 4.69) is 0 Å². The summed E-state index contributed by atoms with van der Waals surface area (Å²) in [6, 6.07) is 3.71. The molecule has 70 valence electrons.